The molecule has 3 N–H and O–H groups in total. The normalized spacial score (nSPS) is 14.5. The maximum Gasteiger partial charge on any atom is 0.472 e. The number of phosphoric ester groups is 2. The molecule has 0 saturated carbocycles. The Labute approximate surface area is 619 Å². The quantitative estimate of drug-likeness (QED) is 0.0169. The summed E-state index contributed by atoms with van der Waals surface area (Å²) in [5.74, 6) is -2.28. The van der Waals surface area contributed by atoms with Gasteiger partial charge in [-0.05, 0) is 154 Å². The molecule has 0 aliphatic heterocycles. The van der Waals surface area contributed by atoms with E-state index in [-0.39, 0.29) is 25.7 Å². The van der Waals surface area contributed by atoms with Crippen LogP contribution in [0.5, 0.6) is 0 Å². The Bertz CT molecular complexity index is 2410. The van der Waals surface area contributed by atoms with Crippen LogP contribution < -0.4 is 0 Å². The predicted molar refractivity (Wildman–Crippen MR) is 418 cm³/mol. The average Bonchev–Trinajstić information content (AvgIpc) is 0.959. The van der Waals surface area contributed by atoms with Crippen molar-refractivity contribution in [1.29, 1.82) is 0 Å². The van der Waals surface area contributed by atoms with Gasteiger partial charge in [0.25, 0.3) is 0 Å². The molecule has 0 bridgehead atoms. The second-order valence-electron chi connectivity index (χ2n) is 26.3. The summed E-state index contributed by atoms with van der Waals surface area (Å²) in [7, 11) is -9.99. The van der Waals surface area contributed by atoms with Gasteiger partial charge in [-0.3, -0.25) is 37.3 Å². The van der Waals surface area contributed by atoms with Gasteiger partial charge in [-0.15, -0.1) is 0 Å². The number of hydrogen-bond donors (Lipinski definition) is 3. The van der Waals surface area contributed by atoms with Gasteiger partial charge in [-0.2, -0.15) is 0 Å². The Morgan fingerprint density at radius 2 is 0.520 bits per heavy atom. The van der Waals surface area contributed by atoms with E-state index in [0.29, 0.717) is 32.1 Å². The minimum absolute atomic E-state index is 0.0153. The van der Waals surface area contributed by atoms with Gasteiger partial charge < -0.3 is 33.8 Å². The van der Waals surface area contributed by atoms with Crippen molar-refractivity contribution in [2.45, 2.75) is 341 Å². The lowest BCUT2D eigenvalue weighted by Gasteiger charge is -2.21. The Kier molecular flexibility index (Phi) is 71.4. The number of esters is 4. The standard InChI is InChI=1S/C83H142O17P2/c1-5-9-13-17-21-25-29-33-36-38-41-45-48-52-56-60-64-68-81(86)94-74-79(100-83(88)70-66-62-58-54-50-46-42-39-37-34-30-26-22-18-14-10-6-2)76-98-102(91,92)96-72-77(84)71-95-101(89,90)97-75-78(99-82(87)69-65-61-57-53-49-43-32-28-24-20-16-12-8-4)73-93-80(85)67-63-59-55-51-47-44-40-35-31-27-23-19-15-11-7-3/h9,13,21,23,25,27-28,32-37,40-42,45-46,54,58,77-79,84H,5-8,10-12,14-20,22,24,26,29-31,38-39,43-44,47-53,55-57,59-76H2,1-4H3,(H,89,90)(H,91,92). The predicted octanol–water partition coefficient (Wildman–Crippen LogP) is 23.1. The highest BCUT2D eigenvalue weighted by molar-refractivity contribution is 7.47. The molecule has 0 aromatic carbocycles. The highest BCUT2D eigenvalue weighted by Crippen LogP contribution is 2.45. The topological polar surface area (TPSA) is 237 Å². The number of carbonyl (C=O) groups is 4. The average molecular weight is 1470 g/mol. The van der Waals surface area contributed by atoms with Crippen LogP contribution in [0.1, 0.15) is 323 Å². The van der Waals surface area contributed by atoms with Crippen molar-refractivity contribution in [2.24, 2.45) is 0 Å². The zero-order valence-corrected chi connectivity index (χ0v) is 65.8. The summed E-state index contributed by atoms with van der Waals surface area (Å²) in [6, 6.07) is 0. The first-order valence-corrected chi connectivity index (χ1v) is 42.8. The molecule has 17 nitrogen and oxygen atoms in total. The van der Waals surface area contributed by atoms with Crippen LogP contribution in [0.2, 0.25) is 0 Å². The molecule has 5 atom stereocenters. The van der Waals surface area contributed by atoms with Crippen molar-refractivity contribution in [3.8, 4) is 0 Å². The third-order valence-corrected chi connectivity index (χ3v) is 18.3. The molecule has 586 valence electrons. The summed E-state index contributed by atoms with van der Waals surface area (Å²) >= 11 is 0. The summed E-state index contributed by atoms with van der Waals surface area (Å²) in [4.78, 5) is 72.9. The first-order valence-electron chi connectivity index (χ1n) is 39.8. The van der Waals surface area contributed by atoms with E-state index in [1.165, 1.54) is 83.5 Å². The maximum absolute atomic E-state index is 13.1. The van der Waals surface area contributed by atoms with Crippen LogP contribution in [0.15, 0.2) is 122 Å². The Balaban J connectivity index is 5.44. The van der Waals surface area contributed by atoms with Crippen molar-refractivity contribution in [3.05, 3.63) is 122 Å². The first kappa shape index (κ1) is 97.5. The smallest absolute Gasteiger partial charge is 0.462 e. The number of rotatable bonds is 74. The largest absolute Gasteiger partial charge is 0.472 e. The monoisotopic (exact) mass is 1470 g/mol. The van der Waals surface area contributed by atoms with Crippen molar-refractivity contribution in [3.63, 3.8) is 0 Å². The van der Waals surface area contributed by atoms with Crippen molar-refractivity contribution >= 4 is 39.5 Å². The lowest BCUT2D eigenvalue weighted by molar-refractivity contribution is -0.161. The molecule has 0 radical (unpaired) electrons. The van der Waals surface area contributed by atoms with E-state index in [2.05, 4.69) is 137 Å². The molecule has 0 aromatic rings. The van der Waals surface area contributed by atoms with Crippen LogP contribution >= 0.6 is 15.6 Å². The summed E-state index contributed by atoms with van der Waals surface area (Å²) in [5.41, 5.74) is 0. The van der Waals surface area contributed by atoms with E-state index in [1.807, 2.05) is 12.2 Å². The van der Waals surface area contributed by atoms with Gasteiger partial charge >= 0.3 is 39.5 Å². The Morgan fingerprint density at radius 3 is 0.863 bits per heavy atom. The van der Waals surface area contributed by atoms with Crippen LogP contribution in [-0.4, -0.2) is 96.7 Å². The summed E-state index contributed by atoms with van der Waals surface area (Å²) in [5, 5.41) is 10.6. The molecular formula is C83H142O17P2. The van der Waals surface area contributed by atoms with E-state index in [9.17, 15) is 43.2 Å². The van der Waals surface area contributed by atoms with Gasteiger partial charge in [-0.25, -0.2) is 9.13 Å². The van der Waals surface area contributed by atoms with Crippen molar-refractivity contribution in [1.82, 2.24) is 0 Å². The number of hydrogen-bond acceptors (Lipinski definition) is 15. The number of ether oxygens (including phenoxy) is 4. The lowest BCUT2D eigenvalue weighted by atomic mass is 10.1. The Morgan fingerprint density at radius 1 is 0.284 bits per heavy atom. The fourth-order valence-corrected chi connectivity index (χ4v) is 11.9. The molecule has 5 unspecified atom stereocenters. The number of carbonyl (C=O) groups excluding carboxylic acids is 4. The first-order chi connectivity index (χ1) is 49.7. The second-order valence-corrected chi connectivity index (χ2v) is 29.2. The Hall–Kier alpha value is -4.54. The fraction of sp³-hybridized carbons (Fsp3) is 0.711. The van der Waals surface area contributed by atoms with E-state index >= 15 is 0 Å². The number of unbranched alkanes of at least 4 members (excludes halogenated alkanes) is 28. The molecule has 0 spiro atoms. The highest BCUT2D eigenvalue weighted by Gasteiger charge is 2.30. The fourth-order valence-electron chi connectivity index (χ4n) is 10.3. The molecule has 0 amide bonds. The number of aliphatic hydroxyl groups is 1. The summed E-state index contributed by atoms with van der Waals surface area (Å²) in [6.45, 7) is 4.62. The maximum atomic E-state index is 13.1. The molecule has 0 fully saturated rings. The van der Waals surface area contributed by atoms with Crippen LogP contribution in [0, 0.1) is 0 Å². The van der Waals surface area contributed by atoms with Crippen LogP contribution in [-0.2, 0) is 65.4 Å². The molecular weight excluding hydrogens is 1330 g/mol. The van der Waals surface area contributed by atoms with E-state index in [0.717, 1.165) is 154 Å². The van der Waals surface area contributed by atoms with Crippen LogP contribution in [0.3, 0.4) is 0 Å². The molecule has 0 aliphatic carbocycles. The molecule has 0 heterocycles. The molecule has 0 aromatic heterocycles. The third kappa shape index (κ3) is 73.8. The number of allylic oxidation sites excluding steroid dienone is 20. The van der Waals surface area contributed by atoms with Gasteiger partial charge in [0.05, 0.1) is 26.4 Å². The summed E-state index contributed by atoms with van der Waals surface area (Å²) in [6.07, 6.45) is 81.9. The lowest BCUT2D eigenvalue weighted by Crippen LogP contribution is -2.30. The highest BCUT2D eigenvalue weighted by atomic mass is 31.2. The van der Waals surface area contributed by atoms with E-state index in [4.69, 9.17) is 37.0 Å². The van der Waals surface area contributed by atoms with Gasteiger partial charge in [0.2, 0.25) is 0 Å². The van der Waals surface area contributed by atoms with Gasteiger partial charge in [0, 0.05) is 25.7 Å². The molecule has 19 heteroatoms. The van der Waals surface area contributed by atoms with Crippen molar-refractivity contribution < 1.29 is 80.2 Å². The SMILES string of the molecule is CCC=CCC=CCC=CCC=CCCCCCCC(=O)OCC(COP(=O)(O)OCC(O)COP(=O)(O)OCC(COC(=O)CCCCCCCC=CCC=CCCCCC)OC(=O)CCCCCCCC=CCCCCCC)OC(=O)CCCC=CCC=CCC=CCCCCCCCC. The molecule has 102 heavy (non-hydrogen) atoms. The second kappa shape index (κ2) is 74.7. The zero-order chi connectivity index (χ0) is 74.6. The van der Waals surface area contributed by atoms with Crippen LogP contribution in [0.4, 0.5) is 0 Å². The van der Waals surface area contributed by atoms with Crippen LogP contribution in [0.25, 0.3) is 0 Å². The molecule has 0 aliphatic rings. The zero-order valence-electron chi connectivity index (χ0n) is 64.0. The number of aliphatic hydroxyl groups excluding tert-OH is 1. The van der Waals surface area contributed by atoms with E-state index < -0.39 is 97.5 Å². The minimum atomic E-state index is -5.00. The van der Waals surface area contributed by atoms with Gasteiger partial charge in [-0.1, -0.05) is 265 Å². The molecule has 0 saturated heterocycles. The number of phosphoric acid groups is 2. The third-order valence-electron chi connectivity index (χ3n) is 16.4. The van der Waals surface area contributed by atoms with Gasteiger partial charge in [0.15, 0.2) is 12.2 Å². The minimum Gasteiger partial charge on any atom is -0.462 e. The summed E-state index contributed by atoms with van der Waals surface area (Å²) < 4.78 is 68.5. The van der Waals surface area contributed by atoms with Crippen molar-refractivity contribution in [2.75, 3.05) is 39.6 Å². The molecule has 0 rings (SSSR count). The van der Waals surface area contributed by atoms with E-state index in [1.54, 1.807) is 0 Å². The van der Waals surface area contributed by atoms with Gasteiger partial charge in [0.1, 0.15) is 19.3 Å².